The van der Waals surface area contributed by atoms with E-state index in [1.165, 1.54) is 0 Å². The van der Waals surface area contributed by atoms with Crippen LogP contribution < -0.4 is 0 Å². The SMILES string of the molecule is Oc1c2c(c(O)n1-c1ccc(Cc3ccc(-n4c(O)c5c(c4O)C4C=CC5C4)cc3)cc1)C1C=CC2C1. The number of aromatic nitrogens is 2. The van der Waals surface area contributed by atoms with E-state index < -0.39 is 0 Å². The van der Waals surface area contributed by atoms with E-state index in [0.29, 0.717) is 6.42 Å². The Labute approximate surface area is 213 Å². The third-order valence-electron chi connectivity index (χ3n) is 8.84. The van der Waals surface area contributed by atoms with Gasteiger partial charge in [0.25, 0.3) is 0 Å². The molecule has 4 bridgehead atoms. The fourth-order valence-corrected chi connectivity index (χ4v) is 7.13. The Balaban J connectivity index is 1.04. The van der Waals surface area contributed by atoms with E-state index in [4.69, 9.17) is 0 Å². The zero-order chi connectivity index (χ0) is 25.0. The lowest BCUT2D eigenvalue weighted by Crippen LogP contribution is -1.97. The lowest BCUT2D eigenvalue weighted by Gasteiger charge is -2.12. The number of hydrogen-bond acceptors (Lipinski definition) is 4. The molecule has 0 aliphatic heterocycles. The molecule has 4 atom stereocenters. The summed E-state index contributed by atoms with van der Waals surface area (Å²) >= 11 is 0. The van der Waals surface area contributed by atoms with Gasteiger partial charge in [0.15, 0.2) is 0 Å². The van der Waals surface area contributed by atoms with Crippen LogP contribution in [0.15, 0.2) is 72.8 Å². The summed E-state index contributed by atoms with van der Waals surface area (Å²) in [5.41, 5.74) is 7.13. The summed E-state index contributed by atoms with van der Waals surface area (Å²) in [5, 5.41) is 43.5. The Hall–Kier alpha value is -4.32. The normalized spacial score (nSPS) is 23.8. The monoisotopic (exact) mass is 490 g/mol. The highest BCUT2D eigenvalue weighted by molar-refractivity contribution is 5.63. The van der Waals surface area contributed by atoms with Crippen LogP contribution >= 0.6 is 0 Å². The predicted octanol–water partition coefficient (Wildman–Crippen LogP) is 5.96. The van der Waals surface area contributed by atoms with Gasteiger partial charge in [-0.2, -0.15) is 0 Å². The lowest BCUT2D eigenvalue weighted by molar-refractivity contribution is 0.394. The lowest BCUT2D eigenvalue weighted by atomic mass is 10.0. The van der Waals surface area contributed by atoms with E-state index in [1.54, 1.807) is 9.13 Å². The van der Waals surface area contributed by atoms with Crippen molar-refractivity contribution in [3.05, 3.63) is 106 Å². The molecule has 184 valence electrons. The van der Waals surface area contributed by atoms with Crippen molar-refractivity contribution in [1.82, 2.24) is 9.13 Å². The molecule has 2 heterocycles. The van der Waals surface area contributed by atoms with Gasteiger partial charge in [-0.25, -0.2) is 0 Å². The van der Waals surface area contributed by atoms with Crippen molar-refractivity contribution >= 4 is 0 Å². The number of aromatic hydroxyl groups is 4. The van der Waals surface area contributed by atoms with Crippen LogP contribution in [0.5, 0.6) is 23.5 Å². The summed E-state index contributed by atoms with van der Waals surface area (Å²) in [4.78, 5) is 0. The molecule has 4 aliphatic rings. The zero-order valence-corrected chi connectivity index (χ0v) is 20.0. The molecule has 6 heteroatoms. The molecule has 4 N–H and O–H groups in total. The number of fused-ring (bicyclic) bond motifs is 10. The summed E-state index contributed by atoms with van der Waals surface area (Å²) in [6.45, 7) is 0. The van der Waals surface area contributed by atoms with Crippen LogP contribution in [0.4, 0.5) is 0 Å². The molecule has 0 saturated carbocycles. The van der Waals surface area contributed by atoms with Gasteiger partial charge in [0.05, 0.1) is 11.4 Å². The summed E-state index contributed by atoms with van der Waals surface area (Å²) < 4.78 is 3.09. The largest absolute Gasteiger partial charge is 0.494 e. The van der Waals surface area contributed by atoms with Gasteiger partial charge in [-0.15, -0.1) is 0 Å². The minimum atomic E-state index is 0.138. The molecule has 2 aromatic heterocycles. The van der Waals surface area contributed by atoms with E-state index in [-0.39, 0.29) is 47.2 Å². The number of hydrogen-bond donors (Lipinski definition) is 4. The van der Waals surface area contributed by atoms with Crippen LogP contribution in [0.1, 0.15) is 69.9 Å². The quantitative estimate of drug-likeness (QED) is 0.266. The summed E-state index contributed by atoms with van der Waals surface area (Å²) in [5.74, 6) is 1.32. The Morgan fingerprint density at radius 1 is 0.486 bits per heavy atom. The molecule has 4 aliphatic carbocycles. The maximum Gasteiger partial charge on any atom is 0.202 e. The van der Waals surface area contributed by atoms with E-state index in [0.717, 1.165) is 57.6 Å². The third-order valence-corrected chi connectivity index (χ3v) is 8.84. The second kappa shape index (κ2) is 7.13. The van der Waals surface area contributed by atoms with Gasteiger partial charge in [-0.3, -0.25) is 9.13 Å². The summed E-state index contributed by atoms with van der Waals surface area (Å²) in [6, 6.07) is 15.7. The smallest absolute Gasteiger partial charge is 0.202 e. The highest BCUT2D eigenvalue weighted by Gasteiger charge is 2.42. The van der Waals surface area contributed by atoms with Crippen LogP contribution in [0.3, 0.4) is 0 Å². The molecule has 0 radical (unpaired) electrons. The van der Waals surface area contributed by atoms with Crippen molar-refractivity contribution in [3.63, 3.8) is 0 Å². The Morgan fingerprint density at radius 3 is 1.08 bits per heavy atom. The Bertz CT molecular complexity index is 1460. The fraction of sp³-hybridized carbons (Fsp3) is 0.226. The van der Waals surface area contributed by atoms with Crippen LogP contribution in [-0.2, 0) is 6.42 Å². The van der Waals surface area contributed by atoms with E-state index in [9.17, 15) is 20.4 Å². The highest BCUT2D eigenvalue weighted by Crippen LogP contribution is 2.58. The van der Waals surface area contributed by atoms with Gasteiger partial charge in [0.2, 0.25) is 23.5 Å². The first-order chi connectivity index (χ1) is 18.0. The van der Waals surface area contributed by atoms with Crippen LogP contribution in [0.2, 0.25) is 0 Å². The highest BCUT2D eigenvalue weighted by atomic mass is 16.3. The van der Waals surface area contributed by atoms with Crippen LogP contribution in [0, 0.1) is 0 Å². The first kappa shape index (κ1) is 20.8. The molecule has 8 rings (SSSR count). The standard InChI is InChI=1S/C31H26N2O4/c34-28-24-18-5-6-19(14-18)25(24)29(35)32(28)22-9-1-16(2-10-22)13-17-3-11-23(12-4-17)33-30(36)26-20-7-8-21(15-20)27(26)31(33)37/h1-12,18-21,34-37H,13-15H2. The first-order valence-corrected chi connectivity index (χ1v) is 12.9. The van der Waals surface area contributed by atoms with Gasteiger partial charge in [0, 0.05) is 45.9 Å². The average molecular weight is 491 g/mol. The molecule has 0 amide bonds. The van der Waals surface area contributed by atoms with Gasteiger partial charge in [-0.05, 0) is 54.7 Å². The van der Waals surface area contributed by atoms with Gasteiger partial charge < -0.3 is 20.4 Å². The topological polar surface area (TPSA) is 90.8 Å². The summed E-state index contributed by atoms with van der Waals surface area (Å²) in [7, 11) is 0. The Kier molecular flexibility index (Phi) is 4.01. The molecule has 4 aromatic rings. The van der Waals surface area contributed by atoms with Gasteiger partial charge in [0.1, 0.15) is 0 Å². The van der Waals surface area contributed by atoms with E-state index in [2.05, 4.69) is 24.3 Å². The number of benzene rings is 2. The third kappa shape index (κ3) is 2.70. The van der Waals surface area contributed by atoms with Gasteiger partial charge >= 0.3 is 0 Å². The number of nitrogens with zero attached hydrogens (tertiary/aromatic N) is 2. The van der Waals surface area contributed by atoms with Crippen molar-refractivity contribution in [2.24, 2.45) is 0 Å². The Morgan fingerprint density at radius 2 is 0.784 bits per heavy atom. The molecule has 0 spiro atoms. The zero-order valence-electron chi connectivity index (χ0n) is 20.0. The molecule has 2 aromatic carbocycles. The fourth-order valence-electron chi connectivity index (χ4n) is 7.13. The number of allylic oxidation sites excluding steroid dienone is 4. The molecule has 0 fully saturated rings. The van der Waals surface area contributed by atoms with Crippen LogP contribution in [-0.4, -0.2) is 29.6 Å². The van der Waals surface area contributed by atoms with Gasteiger partial charge in [-0.1, -0.05) is 48.6 Å². The summed E-state index contributed by atoms with van der Waals surface area (Å²) in [6.07, 6.45) is 11.1. The van der Waals surface area contributed by atoms with Crippen molar-refractivity contribution in [2.75, 3.05) is 0 Å². The second-order valence-electron chi connectivity index (χ2n) is 10.8. The first-order valence-electron chi connectivity index (χ1n) is 12.9. The molecule has 4 unspecified atom stereocenters. The maximum absolute atomic E-state index is 10.9. The van der Waals surface area contributed by atoms with Crippen molar-refractivity contribution < 1.29 is 20.4 Å². The number of rotatable bonds is 4. The predicted molar refractivity (Wildman–Crippen MR) is 139 cm³/mol. The molecule has 37 heavy (non-hydrogen) atoms. The van der Waals surface area contributed by atoms with Crippen molar-refractivity contribution in [2.45, 2.75) is 42.9 Å². The van der Waals surface area contributed by atoms with Crippen molar-refractivity contribution in [3.8, 4) is 34.9 Å². The minimum Gasteiger partial charge on any atom is -0.494 e. The molecular formula is C31H26N2O4. The minimum absolute atomic E-state index is 0.138. The van der Waals surface area contributed by atoms with E-state index >= 15 is 0 Å². The molecule has 0 saturated heterocycles. The maximum atomic E-state index is 10.9. The van der Waals surface area contributed by atoms with E-state index in [1.807, 2.05) is 48.5 Å². The van der Waals surface area contributed by atoms with Crippen LogP contribution in [0.25, 0.3) is 11.4 Å². The molecular weight excluding hydrogens is 464 g/mol. The average Bonchev–Trinajstić information content (AvgIpc) is 3.74. The van der Waals surface area contributed by atoms with Crippen molar-refractivity contribution in [1.29, 1.82) is 0 Å². The second-order valence-corrected chi connectivity index (χ2v) is 10.8. The molecule has 6 nitrogen and oxygen atoms in total.